The van der Waals surface area contributed by atoms with Gasteiger partial charge in [0.05, 0.1) is 0 Å². The minimum atomic E-state index is 1.13. The van der Waals surface area contributed by atoms with Crippen LogP contribution in [0.5, 0.6) is 0 Å². The maximum Gasteiger partial charge on any atom is -0.00201 e. The van der Waals surface area contributed by atoms with Gasteiger partial charge in [-0.3, -0.25) is 0 Å². The molecule has 6 rings (SSSR count). The summed E-state index contributed by atoms with van der Waals surface area (Å²) in [6, 6.07) is 45.8. The summed E-state index contributed by atoms with van der Waals surface area (Å²) in [5.41, 5.74) is 8.66. The Bertz CT molecular complexity index is 1580. The second-order valence-corrected chi connectivity index (χ2v) is 8.58. The first-order valence-corrected chi connectivity index (χ1v) is 11.7. The third kappa shape index (κ3) is 3.32. The Labute approximate surface area is 200 Å². The van der Waals surface area contributed by atoms with Crippen LogP contribution in [0.3, 0.4) is 0 Å². The van der Waals surface area contributed by atoms with Crippen molar-refractivity contribution in [1.82, 2.24) is 0 Å². The summed E-state index contributed by atoms with van der Waals surface area (Å²) < 4.78 is 0. The van der Waals surface area contributed by atoms with E-state index in [4.69, 9.17) is 0 Å². The molecule has 0 aliphatic rings. The SMILES string of the molecule is C=Cc1ccc(-c2c3ccccc3c(-c3ccccc3-c3ccccc3)c3ccccc23)cc1. The van der Waals surface area contributed by atoms with Crippen molar-refractivity contribution in [3.05, 3.63) is 140 Å². The molecule has 0 heterocycles. The van der Waals surface area contributed by atoms with Gasteiger partial charge in [0, 0.05) is 0 Å². The van der Waals surface area contributed by atoms with Crippen molar-refractivity contribution in [2.75, 3.05) is 0 Å². The van der Waals surface area contributed by atoms with Crippen LogP contribution in [0.1, 0.15) is 5.56 Å². The van der Waals surface area contributed by atoms with Crippen LogP contribution in [-0.2, 0) is 0 Å². The van der Waals surface area contributed by atoms with Gasteiger partial charge < -0.3 is 0 Å². The van der Waals surface area contributed by atoms with Crippen molar-refractivity contribution in [3.8, 4) is 33.4 Å². The minimum Gasteiger partial charge on any atom is -0.0985 e. The molecule has 0 saturated heterocycles. The van der Waals surface area contributed by atoms with Gasteiger partial charge in [0.1, 0.15) is 0 Å². The van der Waals surface area contributed by atoms with Gasteiger partial charge in [-0.05, 0) is 60.5 Å². The van der Waals surface area contributed by atoms with E-state index >= 15 is 0 Å². The largest absolute Gasteiger partial charge is 0.0985 e. The molecule has 0 fully saturated rings. The van der Waals surface area contributed by atoms with Crippen LogP contribution in [0.25, 0.3) is 61.0 Å². The lowest BCUT2D eigenvalue weighted by atomic mass is 9.84. The molecule has 0 heteroatoms. The molecule has 34 heavy (non-hydrogen) atoms. The third-order valence-corrected chi connectivity index (χ3v) is 6.65. The standard InChI is InChI=1S/C34H24/c1-2-24-20-22-26(23-21-24)33-29-16-8-10-18-31(29)34(32-19-11-9-17-30(32)33)28-15-7-6-14-27(28)25-12-4-3-5-13-25/h2-23H,1H2. The molecule has 160 valence electrons. The van der Waals surface area contributed by atoms with Crippen molar-refractivity contribution in [3.63, 3.8) is 0 Å². The van der Waals surface area contributed by atoms with Crippen LogP contribution in [0.4, 0.5) is 0 Å². The van der Waals surface area contributed by atoms with Crippen molar-refractivity contribution in [1.29, 1.82) is 0 Å². The summed E-state index contributed by atoms with van der Waals surface area (Å²) in [6.45, 7) is 3.91. The van der Waals surface area contributed by atoms with E-state index in [1.54, 1.807) is 0 Å². The molecular formula is C34H24. The van der Waals surface area contributed by atoms with Crippen LogP contribution < -0.4 is 0 Å². The molecule has 6 aromatic rings. The van der Waals surface area contributed by atoms with Gasteiger partial charge in [0.25, 0.3) is 0 Å². The Hall–Kier alpha value is -4.42. The fraction of sp³-hybridized carbons (Fsp3) is 0. The topological polar surface area (TPSA) is 0 Å². The predicted octanol–water partition coefficient (Wildman–Crippen LogP) is 9.64. The Morgan fingerprint density at radius 2 is 0.853 bits per heavy atom. The normalized spacial score (nSPS) is 11.1. The zero-order valence-corrected chi connectivity index (χ0v) is 18.9. The molecule has 0 amide bonds. The molecule has 0 aliphatic carbocycles. The predicted molar refractivity (Wildman–Crippen MR) is 148 cm³/mol. The summed E-state index contributed by atoms with van der Waals surface area (Å²) in [4.78, 5) is 0. The Balaban J connectivity index is 1.74. The highest BCUT2D eigenvalue weighted by Crippen LogP contribution is 2.45. The zero-order valence-electron chi connectivity index (χ0n) is 18.9. The number of hydrogen-bond donors (Lipinski definition) is 0. The molecule has 0 unspecified atom stereocenters. The first-order valence-electron chi connectivity index (χ1n) is 11.7. The zero-order chi connectivity index (χ0) is 22.9. The molecule has 0 atom stereocenters. The van der Waals surface area contributed by atoms with E-state index in [0.717, 1.165) is 5.56 Å². The summed E-state index contributed by atoms with van der Waals surface area (Å²) in [5, 5.41) is 5.08. The molecule has 0 aliphatic heterocycles. The molecular weight excluding hydrogens is 408 g/mol. The van der Waals surface area contributed by atoms with Crippen molar-refractivity contribution < 1.29 is 0 Å². The fourth-order valence-corrected chi connectivity index (χ4v) is 5.09. The van der Waals surface area contributed by atoms with E-state index in [2.05, 4.69) is 134 Å². The molecule has 0 saturated carbocycles. The number of benzene rings is 6. The van der Waals surface area contributed by atoms with Gasteiger partial charge in [-0.15, -0.1) is 0 Å². The Morgan fingerprint density at radius 3 is 1.41 bits per heavy atom. The molecule has 0 spiro atoms. The highest BCUT2D eigenvalue weighted by molar-refractivity contribution is 6.22. The van der Waals surface area contributed by atoms with Crippen LogP contribution in [-0.4, -0.2) is 0 Å². The number of hydrogen-bond acceptors (Lipinski definition) is 0. The molecule has 0 nitrogen and oxygen atoms in total. The highest BCUT2D eigenvalue weighted by atomic mass is 14.2. The summed E-state index contributed by atoms with van der Waals surface area (Å²) >= 11 is 0. The molecule has 0 aromatic heterocycles. The van der Waals surface area contributed by atoms with Crippen molar-refractivity contribution >= 4 is 27.6 Å². The van der Waals surface area contributed by atoms with Gasteiger partial charge in [-0.2, -0.15) is 0 Å². The van der Waals surface area contributed by atoms with Gasteiger partial charge in [0.15, 0.2) is 0 Å². The smallest absolute Gasteiger partial charge is 0.00201 e. The second-order valence-electron chi connectivity index (χ2n) is 8.58. The Morgan fingerprint density at radius 1 is 0.382 bits per heavy atom. The lowest BCUT2D eigenvalue weighted by molar-refractivity contribution is 1.60. The number of fused-ring (bicyclic) bond motifs is 2. The fourth-order valence-electron chi connectivity index (χ4n) is 5.09. The van der Waals surface area contributed by atoms with E-state index in [0.29, 0.717) is 0 Å². The van der Waals surface area contributed by atoms with E-state index in [9.17, 15) is 0 Å². The first kappa shape index (κ1) is 20.2. The number of rotatable bonds is 4. The van der Waals surface area contributed by atoms with E-state index < -0.39 is 0 Å². The molecule has 0 radical (unpaired) electrons. The molecule has 0 N–H and O–H groups in total. The van der Waals surface area contributed by atoms with Gasteiger partial charge >= 0.3 is 0 Å². The van der Waals surface area contributed by atoms with Crippen LogP contribution in [0, 0.1) is 0 Å². The quantitative estimate of drug-likeness (QED) is 0.243. The first-order chi connectivity index (χ1) is 16.8. The average Bonchev–Trinajstić information content (AvgIpc) is 2.92. The lowest BCUT2D eigenvalue weighted by Crippen LogP contribution is -1.92. The van der Waals surface area contributed by atoms with Crippen molar-refractivity contribution in [2.24, 2.45) is 0 Å². The van der Waals surface area contributed by atoms with Crippen LogP contribution in [0.2, 0.25) is 0 Å². The summed E-state index contributed by atoms with van der Waals surface area (Å²) in [6.07, 6.45) is 1.89. The monoisotopic (exact) mass is 432 g/mol. The van der Waals surface area contributed by atoms with Gasteiger partial charge in [-0.1, -0.05) is 140 Å². The van der Waals surface area contributed by atoms with E-state index in [1.807, 2.05) is 6.08 Å². The maximum absolute atomic E-state index is 3.91. The van der Waals surface area contributed by atoms with Gasteiger partial charge in [0.2, 0.25) is 0 Å². The average molecular weight is 433 g/mol. The maximum atomic E-state index is 3.91. The summed E-state index contributed by atoms with van der Waals surface area (Å²) in [5.74, 6) is 0. The molecule has 0 bridgehead atoms. The van der Waals surface area contributed by atoms with Crippen molar-refractivity contribution in [2.45, 2.75) is 0 Å². The summed E-state index contributed by atoms with van der Waals surface area (Å²) in [7, 11) is 0. The van der Waals surface area contributed by atoms with E-state index in [1.165, 1.54) is 54.9 Å². The van der Waals surface area contributed by atoms with Crippen LogP contribution in [0.15, 0.2) is 134 Å². The molecule has 6 aromatic carbocycles. The van der Waals surface area contributed by atoms with E-state index in [-0.39, 0.29) is 0 Å². The third-order valence-electron chi connectivity index (χ3n) is 6.65. The second kappa shape index (κ2) is 8.50. The van der Waals surface area contributed by atoms with Crippen LogP contribution >= 0.6 is 0 Å². The highest BCUT2D eigenvalue weighted by Gasteiger charge is 2.18. The lowest BCUT2D eigenvalue weighted by Gasteiger charge is -2.19. The van der Waals surface area contributed by atoms with Gasteiger partial charge in [-0.25, -0.2) is 0 Å². The Kier molecular flexibility index (Phi) is 5.05. The minimum absolute atomic E-state index is 1.13.